The van der Waals surface area contributed by atoms with Crippen molar-refractivity contribution < 1.29 is 4.48 Å². The van der Waals surface area contributed by atoms with Gasteiger partial charge in [0, 0.05) is 0 Å². The normalized spacial score (nSPS) is 12.5. The standard InChI is InChI=1S/C16H34N/c1-5-6-7-8-9-10-11-12-13-14-15-16-17(2,3)4/h15-16H,5-14H2,1-4H3/q+1. The third-order valence-electron chi connectivity index (χ3n) is 3.03. The maximum Gasteiger partial charge on any atom is 0.0911 e. The van der Waals surface area contributed by atoms with E-state index >= 15 is 0 Å². The van der Waals surface area contributed by atoms with Crippen LogP contribution < -0.4 is 0 Å². The fourth-order valence-electron chi connectivity index (χ4n) is 1.96. The third kappa shape index (κ3) is 15.7. The van der Waals surface area contributed by atoms with Crippen molar-refractivity contribution in [1.82, 2.24) is 0 Å². The van der Waals surface area contributed by atoms with Crippen LogP contribution in [-0.2, 0) is 0 Å². The van der Waals surface area contributed by atoms with Gasteiger partial charge in [-0.1, -0.05) is 58.3 Å². The van der Waals surface area contributed by atoms with E-state index in [1.54, 1.807) is 0 Å². The van der Waals surface area contributed by atoms with Crippen LogP contribution >= 0.6 is 0 Å². The smallest absolute Gasteiger partial charge is 0.0911 e. The largest absolute Gasteiger partial charge is 0.305 e. The van der Waals surface area contributed by atoms with Gasteiger partial charge in [0.15, 0.2) is 0 Å². The van der Waals surface area contributed by atoms with Gasteiger partial charge >= 0.3 is 0 Å². The second kappa shape index (κ2) is 10.8. The molecular formula is C16H34N+. The molecule has 0 aromatic rings. The molecule has 0 amide bonds. The molecule has 1 heteroatoms. The summed E-state index contributed by atoms with van der Waals surface area (Å²) in [6.07, 6.45) is 18.7. The number of allylic oxidation sites excluding steroid dienone is 1. The van der Waals surface area contributed by atoms with E-state index in [1.807, 2.05) is 0 Å². The first-order valence-corrected chi connectivity index (χ1v) is 7.55. The molecule has 0 aliphatic rings. The zero-order valence-electron chi connectivity index (χ0n) is 12.7. The Hall–Kier alpha value is -0.300. The molecule has 0 rings (SSSR count). The van der Waals surface area contributed by atoms with Crippen molar-refractivity contribution >= 4 is 0 Å². The summed E-state index contributed by atoms with van der Waals surface area (Å²) in [6.45, 7) is 2.28. The Bertz CT molecular complexity index is 176. The molecule has 1 nitrogen and oxygen atoms in total. The lowest BCUT2D eigenvalue weighted by atomic mass is 10.1. The molecule has 0 aromatic heterocycles. The first kappa shape index (κ1) is 16.7. The Morgan fingerprint density at radius 3 is 1.65 bits per heavy atom. The van der Waals surface area contributed by atoms with Crippen LogP contribution in [0.5, 0.6) is 0 Å². The fourth-order valence-corrected chi connectivity index (χ4v) is 1.96. The molecule has 17 heavy (non-hydrogen) atoms. The number of nitrogens with zero attached hydrogens (tertiary/aromatic N) is 1. The van der Waals surface area contributed by atoms with Crippen LogP contribution in [0.4, 0.5) is 0 Å². The van der Waals surface area contributed by atoms with Crippen LogP contribution in [0.1, 0.15) is 71.1 Å². The van der Waals surface area contributed by atoms with Gasteiger partial charge < -0.3 is 4.48 Å². The Kier molecular flexibility index (Phi) is 10.6. The first-order chi connectivity index (χ1) is 8.06. The zero-order valence-corrected chi connectivity index (χ0v) is 12.7. The summed E-state index contributed by atoms with van der Waals surface area (Å²) in [5.41, 5.74) is 0. The highest BCUT2D eigenvalue weighted by Gasteiger charge is 1.98. The Labute approximate surface area is 109 Å². The molecule has 0 heterocycles. The maximum atomic E-state index is 2.33. The number of unbranched alkanes of at least 4 members (excludes halogenated alkanes) is 9. The van der Waals surface area contributed by atoms with Gasteiger partial charge in [-0.25, -0.2) is 0 Å². The van der Waals surface area contributed by atoms with Crippen LogP contribution in [0.15, 0.2) is 12.3 Å². The topological polar surface area (TPSA) is 0 Å². The van der Waals surface area contributed by atoms with E-state index in [4.69, 9.17) is 0 Å². The van der Waals surface area contributed by atoms with Crippen LogP contribution in [0, 0.1) is 0 Å². The summed E-state index contributed by atoms with van der Waals surface area (Å²) in [7, 11) is 6.60. The van der Waals surface area contributed by atoms with Gasteiger partial charge in [-0.3, -0.25) is 0 Å². The van der Waals surface area contributed by atoms with Gasteiger partial charge in [0.05, 0.1) is 27.3 Å². The summed E-state index contributed by atoms with van der Waals surface area (Å²) in [5, 5.41) is 0. The molecule has 0 saturated carbocycles. The van der Waals surface area contributed by atoms with Crippen LogP contribution in [0.2, 0.25) is 0 Å². The molecule has 0 radical (unpaired) electrons. The van der Waals surface area contributed by atoms with Crippen LogP contribution in [-0.4, -0.2) is 25.6 Å². The van der Waals surface area contributed by atoms with Gasteiger partial charge in [-0.15, -0.1) is 0 Å². The monoisotopic (exact) mass is 240 g/mol. The number of quaternary nitrogens is 1. The molecule has 0 aliphatic carbocycles. The molecule has 0 aromatic carbocycles. The van der Waals surface area contributed by atoms with E-state index in [1.165, 1.54) is 64.2 Å². The molecule has 0 atom stereocenters. The minimum Gasteiger partial charge on any atom is -0.305 e. The number of hydrogen-bond donors (Lipinski definition) is 0. The van der Waals surface area contributed by atoms with E-state index in [0.29, 0.717) is 0 Å². The van der Waals surface area contributed by atoms with Crippen LogP contribution in [0.25, 0.3) is 0 Å². The quantitative estimate of drug-likeness (QED) is 0.347. The van der Waals surface area contributed by atoms with E-state index < -0.39 is 0 Å². The minimum absolute atomic E-state index is 0.942. The summed E-state index contributed by atoms with van der Waals surface area (Å²) in [4.78, 5) is 0. The average Bonchev–Trinajstić information content (AvgIpc) is 2.24. The molecular weight excluding hydrogens is 206 g/mol. The predicted molar refractivity (Wildman–Crippen MR) is 79.0 cm³/mol. The highest BCUT2D eigenvalue weighted by Crippen LogP contribution is 2.10. The van der Waals surface area contributed by atoms with Gasteiger partial charge in [0.2, 0.25) is 0 Å². The van der Waals surface area contributed by atoms with Crippen molar-refractivity contribution in [3.63, 3.8) is 0 Å². The van der Waals surface area contributed by atoms with E-state index in [2.05, 4.69) is 40.3 Å². The lowest BCUT2D eigenvalue weighted by Crippen LogP contribution is -2.26. The minimum atomic E-state index is 0.942. The van der Waals surface area contributed by atoms with Crippen molar-refractivity contribution in [1.29, 1.82) is 0 Å². The van der Waals surface area contributed by atoms with Crippen LogP contribution in [0.3, 0.4) is 0 Å². The average molecular weight is 240 g/mol. The lowest BCUT2D eigenvalue weighted by Gasteiger charge is -2.17. The van der Waals surface area contributed by atoms with Gasteiger partial charge in [0.25, 0.3) is 0 Å². The Morgan fingerprint density at radius 2 is 1.18 bits per heavy atom. The molecule has 0 bridgehead atoms. The van der Waals surface area contributed by atoms with Crippen molar-refractivity contribution in [2.45, 2.75) is 71.1 Å². The first-order valence-electron chi connectivity index (χ1n) is 7.55. The molecule has 0 spiro atoms. The van der Waals surface area contributed by atoms with Crippen molar-refractivity contribution in [2.75, 3.05) is 21.1 Å². The molecule has 0 saturated heterocycles. The molecule has 0 fully saturated rings. The van der Waals surface area contributed by atoms with Crippen molar-refractivity contribution in [2.24, 2.45) is 0 Å². The summed E-state index contributed by atoms with van der Waals surface area (Å²) in [6, 6.07) is 0. The number of hydrogen-bond acceptors (Lipinski definition) is 0. The van der Waals surface area contributed by atoms with Gasteiger partial charge in [0.1, 0.15) is 0 Å². The van der Waals surface area contributed by atoms with Gasteiger partial charge in [-0.05, 0) is 18.9 Å². The lowest BCUT2D eigenvalue weighted by molar-refractivity contribution is -0.817. The Morgan fingerprint density at radius 1 is 0.706 bits per heavy atom. The number of rotatable bonds is 11. The summed E-state index contributed by atoms with van der Waals surface area (Å²) in [5.74, 6) is 0. The zero-order chi connectivity index (χ0) is 13.0. The summed E-state index contributed by atoms with van der Waals surface area (Å²) >= 11 is 0. The SMILES string of the molecule is CCCCCCCCCCCC=C[N+](C)(C)C. The molecule has 0 N–H and O–H groups in total. The third-order valence-corrected chi connectivity index (χ3v) is 3.03. The second-order valence-electron chi connectivity index (χ2n) is 6.12. The molecule has 102 valence electrons. The summed E-state index contributed by atoms with van der Waals surface area (Å²) < 4.78 is 0.942. The second-order valence-corrected chi connectivity index (χ2v) is 6.12. The van der Waals surface area contributed by atoms with Crippen molar-refractivity contribution in [3.8, 4) is 0 Å². The molecule has 0 aliphatic heterocycles. The van der Waals surface area contributed by atoms with Gasteiger partial charge in [-0.2, -0.15) is 0 Å². The predicted octanol–water partition coefficient (Wildman–Crippen LogP) is 5.13. The molecule has 0 unspecified atom stereocenters. The van der Waals surface area contributed by atoms with E-state index in [0.717, 1.165) is 4.48 Å². The van der Waals surface area contributed by atoms with E-state index in [-0.39, 0.29) is 0 Å². The van der Waals surface area contributed by atoms with Crippen molar-refractivity contribution in [3.05, 3.63) is 12.3 Å². The maximum absolute atomic E-state index is 2.33. The highest BCUT2D eigenvalue weighted by molar-refractivity contribution is 4.72. The van der Waals surface area contributed by atoms with E-state index in [9.17, 15) is 0 Å². The Balaban J connectivity index is 3.11. The fraction of sp³-hybridized carbons (Fsp3) is 0.875. The highest BCUT2D eigenvalue weighted by atomic mass is 15.3.